The molecule has 0 N–H and O–H groups in total. The summed E-state index contributed by atoms with van der Waals surface area (Å²) in [4.78, 5) is 13.2. The monoisotopic (exact) mass is 407 g/mol. The van der Waals surface area contributed by atoms with Gasteiger partial charge in [-0.2, -0.15) is 5.10 Å². The number of halogens is 1. The van der Waals surface area contributed by atoms with Gasteiger partial charge in [-0.05, 0) is 42.0 Å². The topological polar surface area (TPSA) is 65.1 Å². The zero-order chi connectivity index (χ0) is 20.1. The molecule has 29 heavy (non-hydrogen) atoms. The van der Waals surface area contributed by atoms with Gasteiger partial charge in [-0.3, -0.25) is 4.79 Å². The third kappa shape index (κ3) is 2.94. The van der Waals surface area contributed by atoms with Crippen molar-refractivity contribution in [3.05, 3.63) is 58.1 Å². The molecule has 3 atom stereocenters. The summed E-state index contributed by atoms with van der Waals surface area (Å²) in [5.74, 6) is 1.06. The SMILES string of the molecule is C[C@@H]1[C@@H](C)CCC[C@@H]1n1ccc2c(nnc3c(-c4ccc(Cl)cc4)cnn32)c1=O. The van der Waals surface area contributed by atoms with E-state index < -0.39 is 0 Å². The quantitative estimate of drug-likeness (QED) is 0.480. The maximum atomic E-state index is 13.2. The Bertz CT molecular complexity index is 1260. The first-order valence-electron chi connectivity index (χ1n) is 10.1. The third-order valence-electron chi connectivity index (χ3n) is 6.47. The Morgan fingerprint density at radius 1 is 1.07 bits per heavy atom. The van der Waals surface area contributed by atoms with Crippen molar-refractivity contribution in [2.45, 2.75) is 39.2 Å². The van der Waals surface area contributed by atoms with Crippen LogP contribution in [0.25, 0.3) is 27.8 Å². The first-order valence-corrected chi connectivity index (χ1v) is 10.4. The molecule has 7 heteroatoms. The molecule has 1 saturated carbocycles. The second-order valence-electron chi connectivity index (χ2n) is 8.10. The van der Waals surface area contributed by atoms with Crippen LogP contribution in [0.15, 0.2) is 47.5 Å². The van der Waals surface area contributed by atoms with Crippen molar-refractivity contribution in [2.24, 2.45) is 11.8 Å². The molecule has 1 fully saturated rings. The van der Waals surface area contributed by atoms with E-state index in [1.54, 1.807) is 10.7 Å². The highest BCUT2D eigenvalue weighted by atomic mass is 35.5. The molecule has 3 heterocycles. The van der Waals surface area contributed by atoms with Gasteiger partial charge in [-0.15, -0.1) is 10.2 Å². The number of pyridine rings is 1. The lowest BCUT2D eigenvalue weighted by atomic mass is 9.78. The van der Waals surface area contributed by atoms with Crippen molar-refractivity contribution < 1.29 is 0 Å². The van der Waals surface area contributed by atoms with Crippen LogP contribution in [-0.4, -0.2) is 24.4 Å². The van der Waals surface area contributed by atoms with Gasteiger partial charge in [0.2, 0.25) is 0 Å². The van der Waals surface area contributed by atoms with Crippen molar-refractivity contribution in [3.8, 4) is 11.1 Å². The fraction of sp³-hybridized carbons (Fsp3) is 0.364. The van der Waals surface area contributed by atoms with Crippen molar-refractivity contribution in [1.82, 2.24) is 24.4 Å². The Morgan fingerprint density at radius 2 is 1.86 bits per heavy atom. The van der Waals surface area contributed by atoms with E-state index in [0.717, 1.165) is 24.0 Å². The summed E-state index contributed by atoms with van der Waals surface area (Å²) in [5, 5.41) is 13.8. The van der Waals surface area contributed by atoms with Crippen LogP contribution >= 0.6 is 11.6 Å². The normalized spacial score (nSPS) is 22.4. The van der Waals surface area contributed by atoms with Crippen molar-refractivity contribution >= 4 is 28.3 Å². The van der Waals surface area contributed by atoms with Gasteiger partial charge < -0.3 is 4.57 Å². The minimum Gasteiger partial charge on any atom is -0.310 e. The number of aromatic nitrogens is 5. The van der Waals surface area contributed by atoms with Gasteiger partial charge in [0.05, 0.1) is 6.20 Å². The summed E-state index contributed by atoms with van der Waals surface area (Å²) in [7, 11) is 0. The minimum atomic E-state index is -0.0913. The first kappa shape index (κ1) is 18.3. The summed E-state index contributed by atoms with van der Waals surface area (Å²) in [6.45, 7) is 4.51. The predicted molar refractivity (Wildman–Crippen MR) is 114 cm³/mol. The highest BCUT2D eigenvalue weighted by Gasteiger charge is 2.29. The minimum absolute atomic E-state index is 0.0913. The Morgan fingerprint density at radius 3 is 2.66 bits per heavy atom. The average Bonchev–Trinajstić information content (AvgIpc) is 3.16. The molecular formula is C22H22ClN5O. The van der Waals surface area contributed by atoms with Crippen LogP contribution in [0.4, 0.5) is 0 Å². The Labute approximate surface area is 173 Å². The fourth-order valence-electron chi connectivity index (χ4n) is 4.55. The van der Waals surface area contributed by atoms with Gasteiger partial charge in [0, 0.05) is 22.8 Å². The third-order valence-corrected chi connectivity index (χ3v) is 6.72. The maximum Gasteiger partial charge on any atom is 0.280 e. The molecule has 0 aliphatic heterocycles. The van der Waals surface area contributed by atoms with Crippen LogP contribution in [0.1, 0.15) is 39.2 Å². The van der Waals surface area contributed by atoms with Crippen molar-refractivity contribution in [2.75, 3.05) is 0 Å². The highest BCUT2D eigenvalue weighted by molar-refractivity contribution is 6.30. The van der Waals surface area contributed by atoms with Gasteiger partial charge in [0.25, 0.3) is 5.56 Å². The zero-order valence-corrected chi connectivity index (χ0v) is 17.2. The molecule has 3 aromatic heterocycles. The van der Waals surface area contributed by atoms with Crippen LogP contribution in [0.2, 0.25) is 5.02 Å². The number of hydrogen-bond acceptors (Lipinski definition) is 4. The van der Waals surface area contributed by atoms with Crippen LogP contribution in [-0.2, 0) is 0 Å². The number of hydrogen-bond donors (Lipinski definition) is 0. The highest BCUT2D eigenvalue weighted by Crippen LogP contribution is 2.37. The first-order chi connectivity index (χ1) is 14.0. The Balaban J connectivity index is 1.65. The number of fused-ring (bicyclic) bond motifs is 3. The predicted octanol–water partition coefficient (Wildman–Crippen LogP) is 4.76. The smallest absolute Gasteiger partial charge is 0.280 e. The van der Waals surface area contributed by atoms with E-state index in [0.29, 0.717) is 33.5 Å². The lowest BCUT2D eigenvalue weighted by Gasteiger charge is -2.35. The number of rotatable bonds is 2. The Kier molecular flexibility index (Phi) is 4.39. The molecule has 0 unspecified atom stereocenters. The summed E-state index contributed by atoms with van der Waals surface area (Å²) < 4.78 is 3.55. The van der Waals surface area contributed by atoms with Crippen LogP contribution in [0, 0.1) is 11.8 Å². The van der Waals surface area contributed by atoms with Gasteiger partial charge in [0.1, 0.15) is 5.52 Å². The van der Waals surface area contributed by atoms with E-state index >= 15 is 0 Å². The lowest BCUT2D eigenvalue weighted by molar-refractivity contribution is 0.183. The largest absolute Gasteiger partial charge is 0.310 e. The summed E-state index contributed by atoms with van der Waals surface area (Å²) in [5.41, 5.74) is 3.37. The van der Waals surface area contributed by atoms with E-state index in [1.807, 2.05) is 41.1 Å². The van der Waals surface area contributed by atoms with E-state index in [2.05, 4.69) is 29.1 Å². The maximum absolute atomic E-state index is 13.2. The number of nitrogens with zero attached hydrogens (tertiary/aromatic N) is 5. The number of benzene rings is 1. The summed E-state index contributed by atoms with van der Waals surface area (Å²) in [6, 6.07) is 9.65. The molecule has 1 aromatic carbocycles. The molecule has 0 radical (unpaired) electrons. The molecule has 1 aliphatic rings. The van der Waals surface area contributed by atoms with Crippen LogP contribution in [0.5, 0.6) is 0 Å². The van der Waals surface area contributed by atoms with E-state index in [1.165, 1.54) is 6.42 Å². The van der Waals surface area contributed by atoms with Gasteiger partial charge in [-0.25, -0.2) is 4.52 Å². The van der Waals surface area contributed by atoms with Gasteiger partial charge in [-0.1, -0.05) is 50.4 Å². The molecular weight excluding hydrogens is 386 g/mol. The zero-order valence-electron chi connectivity index (χ0n) is 16.4. The fourth-order valence-corrected chi connectivity index (χ4v) is 4.67. The van der Waals surface area contributed by atoms with Crippen LogP contribution < -0.4 is 5.56 Å². The second kappa shape index (κ2) is 6.95. The van der Waals surface area contributed by atoms with E-state index in [9.17, 15) is 4.79 Å². The van der Waals surface area contributed by atoms with Gasteiger partial charge in [0.15, 0.2) is 11.2 Å². The second-order valence-corrected chi connectivity index (χ2v) is 8.53. The molecule has 148 valence electrons. The van der Waals surface area contributed by atoms with E-state index in [4.69, 9.17) is 11.6 Å². The summed E-state index contributed by atoms with van der Waals surface area (Å²) >= 11 is 6.00. The molecule has 1 aliphatic carbocycles. The standard InChI is InChI=1S/C22H22ClN5O/c1-13-4-3-5-18(14(13)2)27-11-10-19-20(22(27)29)25-26-21-17(12-24-28(19)21)15-6-8-16(23)9-7-15/h6-14,18H,3-5H2,1-2H3/t13-,14+,18-/m0/s1. The molecule has 0 saturated heterocycles. The van der Waals surface area contributed by atoms with Crippen LogP contribution in [0.3, 0.4) is 0 Å². The molecule has 4 aromatic rings. The molecule has 0 bridgehead atoms. The van der Waals surface area contributed by atoms with Crippen molar-refractivity contribution in [3.63, 3.8) is 0 Å². The van der Waals surface area contributed by atoms with E-state index in [-0.39, 0.29) is 11.6 Å². The summed E-state index contributed by atoms with van der Waals surface area (Å²) in [6.07, 6.45) is 7.04. The van der Waals surface area contributed by atoms with Crippen molar-refractivity contribution in [1.29, 1.82) is 0 Å². The molecule has 5 rings (SSSR count). The molecule has 0 spiro atoms. The van der Waals surface area contributed by atoms with Gasteiger partial charge >= 0.3 is 0 Å². The molecule has 6 nitrogen and oxygen atoms in total. The average molecular weight is 408 g/mol. The lowest BCUT2D eigenvalue weighted by Crippen LogP contribution is -2.34. The molecule has 0 amide bonds. The Hall–Kier alpha value is -2.73.